The van der Waals surface area contributed by atoms with E-state index >= 15 is 0 Å². The van der Waals surface area contributed by atoms with Crippen LogP contribution in [-0.2, 0) is 4.79 Å². The minimum absolute atomic E-state index is 0.0690. The molecule has 6 heteroatoms. The number of hydrogen-bond acceptors (Lipinski definition) is 2. The lowest BCUT2D eigenvalue weighted by Gasteiger charge is -2.12. The van der Waals surface area contributed by atoms with Crippen molar-refractivity contribution in [2.75, 3.05) is 5.75 Å². The number of aliphatic carboxylic acids is 1. The van der Waals surface area contributed by atoms with Gasteiger partial charge in [-0.05, 0) is 6.42 Å². The first kappa shape index (κ1) is 9.70. The van der Waals surface area contributed by atoms with Crippen LogP contribution in [0.5, 0.6) is 0 Å². The predicted molar refractivity (Wildman–Crippen MR) is 38.0 cm³/mol. The maximum absolute atomic E-state index is 12.0. The molecule has 0 aliphatic carbocycles. The molecule has 70 valence electrons. The molecule has 0 saturated carbocycles. The van der Waals surface area contributed by atoms with Gasteiger partial charge in [-0.2, -0.15) is 13.2 Å². The quantitative estimate of drug-likeness (QED) is 0.700. The van der Waals surface area contributed by atoms with Gasteiger partial charge in [-0.25, -0.2) is 0 Å². The first-order valence-corrected chi connectivity index (χ1v) is 4.37. The zero-order valence-corrected chi connectivity index (χ0v) is 6.78. The summed E-state index contributed by atoms with van der Waals surface area (Å²) in [4.78, 5) is 10.3. The van der Waals surface area contributed by atoms with E-state index in [0.29, 0.717) is 11.8 Å². The summed E-state index contributed by atoms with van der Waals surface area (Å²) < 4.78 is 36.0. The summed E-state index contributed by atoms with van der Waals surface area (Å²) in [6, 6.07) is 0. The summed E-state index contributed by atoms with van der Waals surface area (Å²) in [5.41, 5.74) is 0. The Balaban J connectivity index is 2.51. The Morgan fingerprint density at radius 3 is 2.33 bits per heavy atom. The largest absolute Gasteiger partial charge is 0.481 e. The van der Waals surface area contributed by atoms with Gasteiger partial charge in [-0.15, -0.1) is 11.8 Å². The van der Waals surface area contributed by atoms with Gasteiger partial charge in [0.1, 0.15) is 5.25 Å². The standard InChI is InChI=1S/C6H7F3O2S/c7-6(8,9)4-1-3(2-12-4)5(10)11/h3-4H,1-2H2,(H,10,11). The molecule has 2 nitrogen and oxygen atoms in total. The second-order valence-electron chi connectivity index (χ2n) is 2.63. The lowest BCUT2D eigenvalue weighted by atomic mass is 10.1. The Morgan fingerprint density at radius 2 is 2.08 bits per heavy atom. The number of carboxylic acid groups (broad SMARTS) is 1. The number of rotatable bonds is 1. The summed E-state index contributed by atoms with van der Waals surface area (Å²) in [5.74, 6) is -1.89. The molecular formula is C6H7F3O2S. The van der Waals surface area contributed by atoms with Crippen LogP contribution in [0.1, 0.15) is 6.42 Å². The van der Waals surface area contributed by atoms with E-state index < -0.39 is 23.3 Å². The van der Waals surface area contributed by atoms with E-state index in [1.165, 1.54) is 0 Å². The van der Waals surface area contributed by atoms with E-state index in [1.807, 2.05) is 0 Å². The van der Waals surface area contributed by atoms with Gasteiger partial charge in [0.25, 0.3) is 0 Å². The van der Waals surface area contributed by atoms with E-state index in [1.54, 1.807) is 0 Å². The molecule has 1 saturated heterocycles. The minimum Gasteiger partial charge on any atom is -0.481 e. The third-order valence-corrected chi connectivity index (χ3v) is 3.17. The molecule has 0 aromatic rings. The molecule has 0 radical (unpaired) electrons. The molecule has 0 bridgehead atoms. The number of carbonyl (C=O) groups is 1. The monoisotopic (exact) mass is 200 g/mol. The van der Waals surface area contributed by atoms with Crippen molar-refractivity contribution in [3.8, 4) is 0 Å². The molecule has 2 atom stereocenters. The Labute approximate surface area is 71.1 Å². The van der Waals surface area contributed by atoms with Crippen molar-refractivity contribution in [3.05, 3.63) is 0 Å². The fourth-order valence-electron chi connectivity index (χ4n) is 1.03. The molecule has 1 rings (SSSR count). The zero-order valence-electron chi connectivity index (χ0n) is 5.97. The highest BCUT2D eigenvalue weighted by molar-refractivity contribution is 8.00. The van der Waals surface area contributed by atoms with E-state index in [9.17, 15) is 18.0 Å². The van der Waals surface area contributed by atoms with Gasteiger partial charge in [0, 0.05) is 5.75 Å². The minimum atomic E-state index is -4.26. The number of carboxylic acids is 1. The number of alkyl halides is 3. The van der Waals surface area contributed by atoms with E-state index in [-0.39, 0.29) is 12.2 Å². The molecular weight excluding hydrogens is 193 g/mol. The second-order valence-corrected chi connectivity index (χ2v) is 3.87. The topological polar surface area (TPSA) is 37.3 Å². The van der Waals surface area contributed by atoms with Gasteiger partial charge < -0.3 is 5.11 Å². The van der Waals surface area contributed by atoms with Gasteiger partial charge in [-0.1, -0.05) is 0 Å². The van der Waals surface area contributed by atoms with E-state index in [0.717, 1.165) is 0 Å². The lowest BCUT2D eigenvalue weighted by molar-refractivity contribution is -0.144. The highest BCUT2D eigenvalue weighted by Crippen LogP contribution is 2.41. The van der Waals surface area contributed by atoms with Crippen molar-refractivity contribution in [2.45, 2.75) is 17.8 Å². The summed E-state index contributed by atoms with van der Waals surface area (Å²) in [5, 5.41) is 6.93. The van der Waals surface area contributed by atoms with Crippen LogP contribution in [0, 0.1) is 5.92 Å². The average molecular weight is 200 g/mol. The van der Waals surface area contributed by atoms with E-state index in [2.05, 4.69) is 0 Å². The molecule has 1 aliphatic rings. The van der Waals surface area contributed by atoms with Crippen LogP contribution in [0.4, 0.5) is 13.2 Å². The van der Waals surface area contributed by atoms with Gasteiger partial charge >= 0.3 is 12.1 Å². The van der Waals surface area contributed by atoms with E-state index in [4.69, 9.17) is 5.11 Å². The number of thioether (sulfide) groups is 1. The van der Waals surface area contributed by atoms with Gasteiger partial charge in [0.05, 0.1) is 5.92 Å². The highest BCUT2D eigenvalue weighted by Gasteiger charge is 2.46. The van der Waals surface area contributed by atoms with Gasteiger partial charge in [-0.3, -0.25) is 4.79 Å². The first-order valence-electron chi connectivity index (χ1n) is 3.32. The highest BCUT2D eigenvalue weighted by atomic mass is 32.2. The van der Waals surface area contributed by atoms with Crippen molar-refractivity contribution in [1.29, 1.82) is 0 Å². The molecule has 2 unspecified atom stereocenters. The molecule has 0 aromatic carbocycles. The molecule has 1 N–H and O–H groups in total. The van der Waals surface area contributed by atoms with Crippen molar-refractivity contribution in [3.63, 3.8) is 0 Å². The Kier molecular flexibility index (Phi) is 2.55. The van der Waals surface area contributed by atoms with Crippen LogP contribution in [0.3, 0.4) is 0 Å². The molecule has 0 amide bonds. The first-order chi connectivity index (χ1) is 5.41. The summed E-state index contributed by atoms with van der Waals surface area (Å²) in [7, 11) is 0. The fraction of sp³-hybridized carbons (Fsp3) is 0.833. The van der Waals surface area contributed by atoms with Crippen LogP contribution in [0.2, 0.25) is 0 Å². The van der Waals surface area contributed by atoms with Crippen molar-refractivity contribution in [2.24, 2.45) is 5.92 Å². The summed E-state index contributed by atoms with van der Waals surface area (Å²) >= 11 is 0.680. The summed E-state index contributed by atoms with van der Waals surface area (Å²) in [6.07, 6.45) is -4.54. The Hall–Kier alpha value is -0.390. The zero-order chi connectivity index (χ0) is 9.35. The molecule has 1 fully saturated rings. The Morgan fingerprint density at radius 1 is 1.50 bits per heavy atom. The molecule has 12 heavy (non-hydrogen) atoms. The molecule has 0 aromatic heterocycles. The van der Waals surface area contributed by atoms with Crippen LogP contribution in [-0.4, -0.2) is 28.3 Å². The molecule has 1 aliphatic heterocycles. The smallest absolute Gasteiger partial charge is 0.400 e. The van der Waals surface area contributed by atoms with Crippen LogP contribution < -0.4 is 0 Å². The fourth-order valence-corrected chi connectivity index (χ4v) is 2.33. The third kappa shape index (κ3) is 2.06. The van der Waals surface area contributed by atoms with Crippen molar-refractivity contribution < 1.29 is 23.1 Å². The lowest BCUT2D eigenvalue weighted by Crippen LogP contribution is -2.24. The maximum atomic E-state index is 12.0. The van der Waals surface area contributed by atoms with Crippen LogP contribution in [0.15, 0.2) is 0 Å². The second kappa shape index (κ2) is 3.16. The third-order valence-electron chi connectivity index (χ3n) is 1.71. The van der Waals surface area contributed by atoms with Gasteiger partial charge in [0.15, 0.2) is 0 Å². The molecule has 1 heterocycles. The molecule has 0 spiro atoms. The number of hydrogen-bond donors (Lipinski definition) is 1. The van der Waals surface area contributed by atoms with Crippen molar-refractivity contribution in [1.82, 2.24) is 0 Å². The van der Waals surface area contributed by atoms with Crippen LogP contribution >= 0.6 is 11.8 Å². The SMILES string of the molecule is O=C(O)C1CSC(C(F)(F)F)C1. The van der Waals surface area contributed by atoms with Crippen LogP contribution in [0.25, 0.3) is 0 Å². The predicted octanol–water partition coefficient (Wildman–Crippen LogP) is 1.76. The number of halogens is 3. The Bertz CT molecular complexity index is 192. The average Bonchev–Trinajstić information content (AvgIpc) is 2.30. The normalized spacial score (nSPS) is 30.6. The van der Waals surface area contributed by atoms with Gasteiger partial charge in [0.2, 0.25) is 0 Å². The van der Waals surface area contributed by atoms with Crippen molar-refractivity contribution >= 4 is 17.7 Å². The maximum Gasteiger partial charge on any atom is 0.400 e. The summed E-state index contributed by atoms with van der Waals surface area (Å²) in [6.45, 7) is 0.